The van der Waals surface area contributed by atoms with Gasteiger partial charge in [-0.15, -0.1) is 0 Å². The summed E-state index contributed by atoms with van der Waals surface area (Å²) in [5.74, 6) is 0. The van der Waals surface area contributed by atoms with Gasteiger partial charge in [0.05, 0.1) is 0 Å². The molecule has 0 aliphatic rings. The van der Waals surface area contributed by atoms with Gasteiger partial charge < -0.3 is 5.73 Å². The Hall–Kier alpha value is -1.76. The number of benzene rings is 2. The second-order valence-corrected chi connectivity index (χ2v) is 4.85. The number of nitrogens with two attached hydrogens (primary N) is 1. The standard InChI is InChI=1S/C17H21N/c1-3-4-7-14-8-5-6-9-15(14)16-12-13(2)10-11-17(16)18/h5-6,8-12H,3-4,7,18H2,1-2H3. The van der Waals surface area contributed by atoms with Gasteiger partial charge in [-0.25, -0.2) is 0 Å². The predicted molar refractivity (Wildman–Crippen MR) is 79.6 cm³/mol. The number of unbranched alkanes of at least 4 members (excludes halogenated alkanes) is 1. The third-order valence-corrected chi connectivity index (χ3v) is 3.32. The Bertz CT molecular complexity index is 529. The van der Waals surface area contributed by atoms with E-state index in [2.05, 4.69) is 50.2 Å². The number of anilines is 1. The molecule has 0 saturated heterocycles. The van der Waals surface area contributed by atoms with Crippen molar-refractivity contribution < 1.29 is 0 Å². The number of hydrogen-bond acceptors (Lipinski definition) is 1. The van der Waals surface area contributed by atoms with E-state index in [0.29, 0.717) is 0 Å². The van der Waals surface area contributed by atoms with Crippen molar-refractivity contribution in [3.63, 3.8) is 0 Å². The quantitative estimate of drug-likeness (QED) is 0.776. The van der Waals surface area contributed by atoms with Crippen molar-refractivity contribution in [1.29, 1.82) is 0 Å². The smallest absolute Gasteiger partial charge is 0.0394 e. The third-order valence-electron chi connectivity index (χ3n) is 3.32. The van der Waals surface area contributed by atoms with Gasteiger partial charge in [-0.1, -0.05) is 49.2 Å². The van der Waals surface area contributed by atoms with Gasteiger partial charge in [0.15, 0.2) is 0 Å². The van der Waals surface area contributed by atoms with E-state index >= 15 is 0 Å². The Balaban J connectivity index is 2.46. The maximum Gasteiger partial charge on any atom is 0.0394 e. The van der Waals surface area contributed by atoms with Crippen molar-refractivity contribution in [3.05, 3.63) is 53.6 Å². The Morgan fingerprint density at radius 3 is 2.56 bits per heavy atom. The van der Waals surface area contributed by atoms with Gasteiger partial charge in [0.2, 0.25) is 0 Å². The number of nitrogen functional groups attached to an aromatic ring is 1. The molecule has 0 aliphatic carbocycles. The van der Waals surface area contributed by atoms with Crippen molar-refractivity contribution in [1.82, 2.24) is 0 Å². The summed E-state index contributed by atoms with van der Waals surface area (Å²) in [5, 5.41) is 0. The summed E-state index contributed by atoms with van der Waals surface area (Å²) in [6, 6.07) is 14.8. The zero-order valence-corrected chi connectivity index (χ0v) is 11.2. The van der Waals surface area contributed by atoms with Crippen LogP contribution in [0.4, 0.5) is 5.69 Å². The molecule has 0 heterocycles. The van der Waals surface area contributed by atoms with E-state index in [1.807, 2.05) is 6.07 Å². The minimum Gasteiger partial charge on any atom is -0.398 e. The first-order chi connectivity index (χ1) is 8.72. The molecule has 0 atom stereocenters. The maximum absolute atomic E-state index is 6.12. The van der Waals surface area contributed by atoms with Crippen LogP contribution >= 0.6 is 0 Å². The molecule has 2 aromatic rings. The van der Waals surface area contributed by atoms with E-state index in [9.17, 15) is 0 Å². The molecule has 1 nitrogen and oxygen atoms in total. The largest absolute Gasteiger partial charge is 0.398 e. The molecule has 2 N–H and O–H groups in total. The molecule has 0 radical (unpaired) electrons. The van der Waals surface area contributed by atoms with Gasteiger partial charge in [-0.2, -0.15) is 0 Å². The summed E-state index contributed by atoms with van der Waals surface area (Å²) in [4.78, 5) is 0. The van der Waals surface area contributed by atoms with E-state index in [1.165, 1.54) is 35.1 Å². The van der Waals surface area contributed by atoms with E-state index < -0.39 is 0 Å². The zero-order chi connectivity index (χ0) is 13.0. The summed E-state index contributed by atoms with van der Waals surface area (Å²) < 4.78 is 0. The van der Waals surface area contributed by atoms with Crippen molar-refractivity contribution >= 4 is 5.69 Å². The summed E-state index contributed by atoms with van der Waals surface area (Å²) in [6.45, 7) is 4.33. The molecule has 0 fully saturated rings. The van der Waals surface area contributed by atoms with Gasteiger partial charge >= 0.3 is 0 Å². The number of aryl methyl sites for hydroxylation is 2. The van der Waals surface area contributed by atoms with Crippen LogP contribution in [0.2, 0.25) is 0 Å². The molecule has 0 unspecified atom stereocenters. The van der Waals surface area contributed by atoms with Gasteiger partial charge in [0.1, 0.15) is 0 Å². The SMILES string of the molecule is CCCCc1ccccc1-c1cc(C)ccc1N. The second-order valence-electron chi connectivity index (χ2n) is 4.85. The zero-order valence-electron chi connectivity index (χ0n) is 11.2. The van der Waals surface area contributed by atoms with Crippen LogP contribution in [0.25, 0.3) is 11.1 Å². The van der Waals surface area contributed by atoms with Gasteiger partial charge in [-0.05, 0) is 43.0 Å². The lowest BCUT2D eigenvalue weighted by atomic mass is 9.94. The first kappa shape index (κ1) is 12.7. The molecule has 1 heteroatoms. The predicted octanol–water partition coefficient (Wildman–Crippen LogP) is 4.59. The minimum atomic E-state index is 0.865. The van der Waals surface area contributed by atoms with E-state index in [0.717, 1.165) is 12.1 Å². The third kappa shape index (κ3) is 2.73. The Morgan fingerprint density at radius 1 is 1.00 bits per heavy atom. The fourth-order valence-corrected chi connectivity index (χ4v) is 2.27. The first-order valence-corrected chi connectivity index (χ1v) is 6.66. The molecule has 94 valence electrons. The van der Waals surface area contributed by atoms with Gasteiger partial charge in [-0.3, -0.25) is 0 Å². The Kier molecular flexibility index (Phi) is 4.03. The van der Waals surface area contributed by atoms with Crippen molar-refractivity contribution in [3.8, 4) is 11.1 Å². The number of hydrogen-bond donors (Lipinski definition) is 1. The highest BCUT2D eigenvalue weighted by molar-refractivity contribution is 5.79. The minimum absolute atomic E-state index is 0.865. The van der Waals surface area contributed by atoms with Crippen LogP contribution in [-0.4, -0.2) is 0 Å². The monoisotopic (exact) mass is 239 g/mol. The summed E-state index contributed by atoms with van der Waals surface area (Å²) >= 11 is 0. The van der Waals surface area contributed by atoms with Crippen LogP contribution in [0.1, 0.15) is 30.9 Å². The topological polar surface area (TPSA) is 26.0 Å². The highest BCUT2D eigenvalue weighted by Crippen LogP contribution is 2.30. The lowest BCUT2D eigenvalue weighted by Gasteiger charge is -2.12. The highest BCUT2D eigenvalue weighted by Gasteiger charge is 2.07. The maximum atomic E-state index is 6.12. The fourth-order valence-electron chi connectivity index (χ4n) is 2.27. The summed E-state index contributed by atoms with van der Waals surface area (Å²) in [6.07, 6.45) is 3.57. The van der Waals surface area contributed by atoms with Crippen LogP contribution in [0, 0.1) is 6.92 Å². The van der Waals surface area contributed by atoms with E-state index in [4.69, 9.17) is 5.73 Å². The summed E-state index contributed by atoms with van der Waals surface area (Å²) in [5.41, 5.74) is 12.1. The normalized spacial score (nSPS) is 10.6. The molecule has 0 bridgehead atoms. The van der Waals surface area contributed by atoms with Crippen molar-refractivity contribution in [2.45, 2.75) is 33.1 Å². The number of rotatable bonds is 4. The van der Waals surface area contributed by atoms with Crippen LogP contribution in [0.5, 0.6) is 0 Å². The lowest BCUT2D eigenvalue weighted by molar-refractivity contribution is 0.796. The Morgan fingerprint density at radius 2 is 1.78 bits per heavy atom. The summed E-state index contributed by atoms with van der Waals surface area (Å²) in [7, 11) is 0. The first-order valence-electron chi connectivity index (χ1n) is 6.66. The van der Waals surface area contributed by atoms with E-state index in [-0.39, 0.29) is 0 Å². The van der Waals surface area contributed by atoms with Crippen LogP contribution in [0.3, 0.4) is 0 Å². The average Bonchev–Trinajstić information content (AvgIpc) is 2.39. The van der Waals surface area contributed by atoms with Crippen LogP contribution in [-0.2, 0) is 6.42 Å². The van der Waals surface area contributed by atoms with Gasteiger partial charge in [0, 0.05) is 11.3 Å². The lowest BCUT2D eigenvalue weighted by Crippen LogP contribution is -1.95. The molecule has 2 rings (SSSR count). The van der Waals surface area contributed by atoms with Crippen LogP contribution in [0.15, 0.2) is 42.5 Å². The molecular formula is C17H21N. The molecule has 0 aliphatic heterocycles. The molecule has 2 aromatic carbocycles. The molecule has 0 amide bonds. The fraction of sp³-hybridized carbons (Fsp3) is 0.294. The molecular weight excluding hydrogens is 218 g/mol. The molecule has 0 aromatic heterocycles. The van der Waals surface area contributed by atoms with Crippen LogP contribution < -0.4 is 5.73 Å². The highest BCUT2D eigenvalue weighted by atomic mass is 14.6. The molecule has 0 saturated carbocycles. The molecule has 0 spiro atoms. The van der Waals surface area contributed by atoms with Gasteiger partial charge in [0.25, 0.3) is 0 Å². The van der Waals surface area contributed by atoms with Crippen molar-refractivity contribution in [2.75, 3.05) is 5.73 Å². The second kappa shape index (κ2) is 5.72. The Labute approximate surface area is 110 Å². The molecule has 18 heavy (non-hydrogen) atoms. The van der Waals surface area contributed by atoms with Crippen molar-refractivity contribution in [2.24, 2.45) is 0 Å². The average molecular weight is 239 g/mol. The van der Waals surface area contributed by atoms with E-state index in [1.54, 1.807) is 0 Å².